The number of aromatic nitrogens is 1. The second kappa shape index (κ2) is 7.94. The van der Waals surface area contributed by atoms with E-state index in [4.69, 9.17) is 16.6 Å². The van der Waals surface area contributed by atoms with Crippen molar-refractivity contribution in [3.63, 3.8) is 0 Å². The number of allylic oxidation sites excluding steroid dienone is 2. The minimum Gasteiger partial charge on any atom is -0.294 e. The van der Waals surface area contributed by atoms with Gasteiger partial charge in [0.2, 0.25) is 0 Å². The van der Waals surface area contributed by atoms with Crippen LogP contribution in [0.4, 0.5) is 0 Å². The number of Topliss-reactive ketones (excluding diaryl/α,β-unsaturated/α-hetero) is 1. The number of fused-ring (bicyclic) bond motifs is 1. The van der Waals surface area contributed by atoms with Gasteiger partial charge in [-0.05, 0) is 47.2 Å². The molecule has 1 aromatic heterocycles. The van der Waals surface area contributed by atoms with Crippen LogP contribution in [0.5, 0.6) is 0 Å². The van der Waals surface area contributed by atoms with Gasteiger partial charge in [0, 0.05) is 21.5 Å². The summed E-state index contributed by atoms with van der Waals surface area (Å²) in [5.41, 5.74) is 2.77. The lowest BCUT2D eigenvalue weighted by Crippen LogP contribution is -2.42. The molecule has 0 amide bonds. The average Bonchev–Trinajstić information content (AvgIpc) is 3.02. The SMILES string of the molecule is CC1(C)CC(=O)C2=C(C1)N=c1sc(=Cc3ccccc3Cl)c(=O)n1C2c1cccc(Br)c1. The van der Waals surface area contributed by atoms with Crippen molar-refractivity contribution in [2.75, 3.05) is 0 Å². The molecule has 1 unspecified atom stereocenters. The summed E-state index contributed by atoms with van der Waals surface area (Å²) in [6.07, 6.45) is 2.95. The van der Waals surface area contributed by atoms with Crippen LogP contribution in [0.1, 0.15) is 43.9 Å². The van der Waals surface area contributed by atoms with E-state index >= 15 is 0 Å². The van der Waals surface area contributed by atoms with Crippen molar-refractivity contribution in [2.45, 2.75) is 32.7 Å². The Balaban J connectivity index is 1.80. The Kier molecular flexibility index (Phi) is 5.35. The fraction of sp³-hybridized carbons (Fsp3) is 0.240. The zero-order valence-electron chi connectivity index (χ0n) is 17.6. The maximum atomic E-state index is 13.6. The number of rotatable bonds is 2. The van der Waals surface area contributed by atoms with E-state index in [1.165, 1.54) is 11.3 Å². The van der Waals surface area contributed by atoms with Gasteiger partial charge in [-0.25, -0.2) is 4.99 Å². The standard InChI is InChI=1S/C25H20BrClN2O2S/c1-25(2)12-18-21(19(30)13-25)22(15-7-5-8-16(26)10-15)29-23(31)20(32-24(29)28-18)11-14-6-3-4-9-17(14)27/h3-11,22H,12-13H2,1-2H3. The molecule has 162 valence electrons. The molecular formula is C25H20BrClN2O2S. The van der Waals surface area contributed by atoms with Crippen LogP contribution in [-0.2, 0) is 4.79 Å². The van der Waals surface area contributed by atoms with Crippen molar-refractivity contribution in [2.24, 2.45) is 10.4 Å². The number of thiazole rings is 1. The molecule has 1 atom stereocenters. The van der Waals surface area contributed by atoms with Gasteiger partial charge in [-0.2, -0.15) is 0 Å². The van der Waals surface area contributed by atoms with Crippen molar-refractivity contribution in [3.8, 4) is 0 Å². The third kappa shape index (κ3) is 3.74. The topological polar surface area (TPSA) is 51.4 Å². The predicted octanol–water partition coefficient (Wildman–Crippen LogP) is 5.02. The number of benzene rings is 2. The first-order valence-corrected chi connectivity index (χ1v) is 12.3. The van der Waals surface area contributed by atoms with Gasteiger partial charge in [-0.1, -0.05) is 83.0 Å². The summed E-state index contributed by atoms with van der Waals surface area (Å²) in [6, 6.07) is 14.7. The minimum atomic E-state index is -0.490. The Hall–Kier alpha value is -2.28. The van der Waals surface area contributed by atoms with Crippen molar-refractivity contribution in [3.05, 3.63) is 100 Å². The molecule has 0 fully saturated rings. The molecule has 1 aliphatic heterocycles. The molecule has 0 spiro atoms. The second-order valence-corrected chi connectivity index (χ2v) is 11.3. The van der Waals surface area contributed by atoms with Crippen LogP contribution in [0.25, 0.3) is 6.08 Å². The van der Waals surface area contributed by atoms with E-state index < -0.39 is 6.04 Å². The maximum absolute atomic E-state index is 13.6. The Morgan fingerprint density at radius 1 is 1.16 bits per heavy atom. The Morgan fingerprint density at radius 3 is 2.69 bits per heavy atom. The number of hydrogen-bond donors (Lipinski definition) is 0. The minimum absolute atomic E-state index is 0.0605. The van der Waals surface area contributed by atoms with Gasteiger partial charge in [-0.3, -0.25) is 14.2 Å². The van der Waals surface area contributed by atoms with Crippen LogP contribution in [0.2, 0.25) is 5.02 Å². The van der Waals surface area contributed by atoms with E-state index in [0.29, 0.717) is 32.8 Å². The lowest BCUT2D eigenvalue weighted by Gasteiger charge is -2.35. The molecule has 0 bridgehead atoms. The van der Waals surface area contributed by atoms with Gasteiger partial charge in [0.15, 0.2) is 10.6 Å². The highest BCUT2D eigenvalue weighted by Gasteiger charge is 2.40. The summed E-state index contributed by atoms with van der Waals surface area (Å²) in [5.74, 6) is 0.0605. The number of carbonyl (C=O) groups is 1. The predicted molar refractivity (Wildman–Crippen MR) is 132 cm³/mol. The third-order valence-corrected chi connectivity index (χ3v) is 7.67. The summed E-state index contributed by atoms with van der Waals surface area (Å²) >= 11 is 11.2. The highest BCUT2D eigenvalue weighted by molar-refractivity contribution is 9.10. The molecule has 0 saturated heterocycles. The number of hydrogen-bond acceptors (Lipinski definition) is 4. The Bertz CT molecular complexity index is 1480. The monoisotopic (exact) mass is 526 g/mol. The van der Waals surface area contributed by atoms with E-state index in [2.05, 4.69) is 29.8 Å². The molecule has 0 radical (unpaired) electrons. The quantitative estimate of drug-likeness (QED) is 0.470. The van der Waals surface area contributed by atoms with Gasteiger partial charge in [0.1, 0.15) is 0 Å². The van der Waals surface area contributed by atoms with E-state index in [1.807, 2.05) is 42.5 Å². The molecule has 0 saturated carbocycles. The van der Waals surface area contributed by atoms with E-state index in [0.717, 1.165) is 21.3 Å². The lowest BCUT2D eigenvalue weighted by atomic mass is 9.73. The number of nitrogens with zero attached hydrogens (tertiary/aromatic N) is 2. The number of halogens is 2. The second-order valence-electron chi connectivity index (χ2n) is 8.96. The van der Waals surface area contributed by atoms with Gasteiger partial charge >= 0.3 is 0 Å². The van der Waals surface area contributed by atoms with E-state index in [9.17, 15) is 9.59 Å². The zero-order chi connectivity index (χ0) is 22.6. The molecule has 3 aromatic rings. The largest absolute Gasteiger partial charge is 0.294 e. The van der Waals surface area contributed by atoms with Gasteiger partial charge in [0.25, 0.3) is 5.56 Å². The zero-order valence-corrected chi connectivity index (χ0v) is 20.7. The molecule has 5 rings (SSSR count). The van der Waals surface area contributed by atoms with Crippen LogP contribution in [0.3, 0.4) is 0 Å². The molecular weight excluding hydrogens is 508 g/mol. The first-order chi connectivity index (χ1) is 15.2. The fourth-order valence-corrected chi connectivity index (χ4v) is 6.09. The summed E-state index contributed by atoms with van der Waals surface area (Å²) in [4.78, 5) is 32.4. The molecule has 2 aliphatic rings. The summed E-state index contributed by atoms with van der Waals surface area (Å²) in [5, 5.41) is 0.582. The highest BCUT2D eigenvalue weighted by atomic mass is 79.9. The van der Waals surface area contributed by atoms with Crippen molar-refractivity contribution in [1.82, 2.24) is 4.57 Å². The summed E-state index contributed by atoms with van der Waals surface area (Å²) in [7, 11) is 0. The van der Waals surface area contributed by atoms with Crippen LogP contribution in [0.15, 0.2) is 74.1 Å². The van der Waals surface area contributed by atoms with Crippen LogP contribution < -0.4 is 14.9 Å². The maximum Gasteiger partial charge on any atom is 0.271 e. The normalized spacial score (nSPS) is 20.1. The van der Waals surface area contributed by atoms with Gasteiger partial charge < -0.3 is 0 Å². The summed E-state index contributed by atoms with van der Waals surface area (Å²) < 4.78 is 3.11. The first-order valence-electron chi connectivity index (χ1n) is 10.3. The van der Waals surface area contributed by atoms with Crippen LogP contribution in [-0.4, -0.2) is 10.4 Å². The number of carbonyl (C=O) groups excluding carboxylic acids is 1. The van der Waals surface area contributed by atoms with E-state index in [1.54, 1.807) is 16.7 Å². The molecule has 32 heavy (non-hydrogen) atoms. The number of ketones is 1. The van der Waals surface area contributed by atoms with Crippen molar-refractivity contribution in [1.29, 1.82) is 0 Å². The van der Waals surface area contributed by atoms with Crippen LogP contribution >= 0.6 is 38.9 Å². The Morgan fingerprint density at radius 2 is 1.94 bits per heavy atom. The van der Waals surface area contributed by atoms with Crippen molar-refractivity contribution < 1.29 is 4.79 Å². The average molecular weight is 528 g/mol. The van der Waals surface area contributed by atoms with Crippen LogP contribution in [0, 0.1) is 5.41 Å². The lowest BCUT2D eigenvalue weighted by molar-refractivity contribution is -0.118. The highest BCUT2D eigenvalue weighted by Crippen LogP contribution is 2.43. The first kappa shape index (κ1) is 21.6. The molecule has 4 nitrogen and oxygen atoms in total. The third-order valence-electron chi connectivity index (χ3n) is 5.85. The molecule has 0 N–H and O–H groups in total. The van der Waals surface area contributed by atoms with E-state index in [-0.39, 0.29) is 16.8 Å². The summed E-state index contributed by atoms with van der Waals surface area (Å²) in [6.45, 7) is 4.18. The van der Waals surface area contributed by atoms with Crippen molar-refractivity contribution >= 4 is 50.7 Å². The molecule has 7 heteroatoms. The van der Waals surface area contributed by atoms with Gasteiger partial charge in [0.05, 0.1) is 16.3 Å². The smallest absolute Gasteiger partial charge is 0.271 e. The molecule has 2 aromatic carbocycles. The molecule has 1 aliphatic carbocycles. The van der Waals surface area contributed by atoms with Gasteiger partial charge in [-0.15, -0.1) is 0 Å². The Labute approximate surface area is 202 Å². The molecule has 2 heterocycles. The fourth-order valence-electron chi connectivity index (χ4n) is 4.47.